The predicted octanol–water partition coefficient (Wildman–Crippen LogP) is 7.45. The van der Waals surface area contributed by atoms with Crippen molar-refractivity contribution in [2.24, 2.45) is 5.92 Å². The number of carbonyl (C=O) groups is 1. The molecule has 0 unspecified atom stereocenters. The molecule has 0 spiro atoms. The minimum atomic E-state index is 0.0433. The van der Waals surface area contributed by atoms with Gasteiger partial charge >= 0.3 is 5.97 Å². The summed E-state index contributed by atoms with van der Waals surface area (Å²) in [6.07, 6.45) is 20.2. The highest BCUT2D eigenvalue weighted by atomic mass is 16.5. The first-order valence-electron chi connectivity index (χ1n) is 10.9. The van der Waals surface area contributed by atoms with Crippen molar-refractivity contribution < 1.29 is 9.53 Å². The zero-order valence-electron chi connectivity index (χ0n) is 16.9. The van der Waals surface area contributed by atoms with Gasteiger partial charge in [0.15, 0.2) is 0 Å². The lowest BCUT2D eigenvalue weighted by atomic mass is 9.99. The van der Waals surface area contributed by atoms with E-state index in [9.17, 15) is 4.79 Å². The van der Waals surface area contributed by atoms with E-state index in [0.717, 1.165) is 32.1 Å². The highest BCUT2D eigenvalue weighted by Crippen LogP contribution is 2.16. The Morgan fingerprint density at radius 3 is 1.46 bits per heavy atom. The van der Waals surface area contributed by atoms with Crippen LogP contribution in [0.1, 0.15) is 124 Å². The maximum Gasteiger partial charge on any atom is 0.308 e. The molecule has 0 fully saturated rings. The Morgan fingerprint density at radius 2 is 1.04 bits per heavy atom. The van der Waals surface area contributed by atoms with E-state index >= 15 is 0 Å². The monoisotopic (exact) mass is 340 g/mol. The van der Waals surface area contributed by atoms with Gasteiger partial charge in [-0.15, -0.1) is 0 Å². The Bertz CT molecular complexity index is 257. The molecule has 2 heteroatoms. The van der Waals surface area contributed by atoms with Crippen molar-refractivity contribution in [3.8, 4) is 0 Å². The van der Waals surface area contributed by atoms with Crippen LogP contribution >= 0.6 is 0 Å². The van der Waals surface area contributed by atoms with E-state index in [-0.39, 0.29) is 11.9 Å². The van der Waals surface area contributed by atoms with E-state index in [1.54, 1.807) is 0 Å². The number of ether oxygens (including phenoxy) is 1. The smallest absolute Gasteiger partial charge is 0.308 e. The quantitative estimate of drug-likeness (QED) is 0.191. The van der Waals surface area contributed by atoms with Gasteiger partial charge in [-0.05, 0) is 19.3 Å². The lowest BCUT2D eigenvalue weighted by Gasteiger charge is -2.14. The first-order chi connectivity index (χ1) is 11.8. The Kier molecular flexibility index (Phi) is 18.4. The Morgan fingerprint density at radius 1 is 0.625 bits per heavy atom. The first-order valence-corrected chi connectivity index (χ1v) is 10.9. The van der Waals surface area contributed by atoms with Crippen LogP contribution in [0.2, 0.25) is 0 Å². The average Bonchev–Trinajstić information content (AvgIpc) is 2.58. The van der Waals surface area contributed by atoms with Gasteiger partial charge in [0.1, 0.15) is 0 Å². The Balaban J connectivity index is 3.33. The molecule has 24 heavy (non-hydrogen) atoms. The standard InChI is InChI=1S/C22H44O2/c1-4-7-8-9-10-11-12-13-14-15-16-17-20-24-22(23)21(18-5-2)19-6-3/h21H,4-20H2,1-3H3. The molecular weight excluding hydrogens is 296 g/mol. The van der Waals surface area contributed by atoms with Gasteiger partial charge in [0, 0.05) is 0 Å². The largest absolute Gasteiger partial charge is 0.465 e. The second-order valence-electron chi connectivity index (χ2n) is 7.33. The normalized spacial score (nSPS) is 11.2. The number of carbonyl (C=O) groups excluding carboxylic acids is 1. The molecule has 0 amide bonds. The zero-order chi connectivity index (χ0) is 17.9. The maximum absolute atomic E-state index is 12.0. The molecule has 0 aromatic carbocycles. The van der Waals surface area contributed by atoms with Crippen LogP contribution in [0.4, 0.5) is 0 Å². The van der Waals surface area contributed by atoms with E-state index in [4.69, 9.17) is 4.74 Å². The SMILES string of the molecule is CCCCCCCCCCCCCCOC(=O)C(CCC)CCC. The van der Waals surface area contributed by atoms with Gasteiger partial charge in [0.05, 0.1) is 12.5 Å². The molecule has 144 valence electrons. The molecule has 0 rings (SSSR count). The molecule has 0 atom stereocenters. The van der Waals surface area contributed by atoms with Crippen molar-refractivity contribution in [1.82, 2.24) is 0 Å². The van der Waals surface area contributed by atoms with E-state index in [1.807, 2.05) is 0 Å². The molecule has 0 saturated carbocycles. The fraction of sp³-hybridized carbons (Fsp3) is 0.955. The summed E-state index contributed by atoms with van der Waals surface area (Å²) >= 11 is 0. The number of unbranched alkanes of at least 4 members (excludes halogenated alkanes) is 11. The van der Waals surface area contributed by atoms with Crippen LogP contribution in [0.15, 0.2) is 0 Å². The van der Waals surface area contributed by atoms with E-state index < -0.39 is 0 Å². The molecule has 2 nitrogen and oxygen atoms in total. The lowest BCUT2D eigenvalue weighted by molar-refractivity contribution is -0.149. The van der Waals surface area contributed by atoms with Crippen LogP contribution in [0.3, 0.4) is 0 Å². The van der Waals surface area contributed by atoms with E-state index in [2.05, 4.69) is 20.8 Å². The van der Waals surface area contributed by atoms with E-state index in [0.29, 0.717) is 6.61 Å². The van der Waals surface area contributed by atoms with Crippen molar-refractivity contribution in [3.05, 3.63) is 0 Å². The van der Waals surface area contributed by atoms with Gasteiger partial charge in [-0.2, -0.15) is 0 Å². The molecule has 0 aromatic rings. The highest BCUT2D eigenvalue weighted by Gasteiger charge is 2.17. The summed E-state index contributed by atoms with van der Waals surface area (Å²) in [4.78, 5) is 12.0. The van der Waals surface area contributed by atoms with Crippen molar-refractivity contribution in [1.29, 1.82) is 0 Å². The molecular formula is C22H44O2. The summed E-state index contributed by atoms with van der Waals surface area (Å²) in [7, 11) is 0. The number of esters is 1. The zero-order valence-corrected chi connectivity index (χ0v) is 16.9. The fourth-order valence-corrected chi connectivity index (χ4v) is 3.31. The van der Waals surface area contributed by atoms with Gasteiger partial charge in [-0.1, -0.05) is 104 Å². The Hall–Kier alpha value is -0.530. The molecule has 0 heterocycles. The molecule has 0 aliphatic carbocycles. The molecule has 0 N–H and O–H groups in total. The summed E-state index contributed by atoms with van der Waals surface area (Å²) in [5.74, 6) is 0.180. The van der Waals surface area contributed by atoms with Crippen molar-refractivity contribution in [3.63, 3.8) is 0 Å². The third-order valence-electron chi connectivity index (χ3n) is 4.85. The number of hydrogen-bond donors (Lipinski definition) is 0. The minimum Gasteiger partial charge on any atom is -0.465 e. The van der Waals surface area contributed by atoms with Crippen LogP contribution in [0, 0.1) is 5.92 Å². The number of rotatable bonds is 18. The molecule has 0 bridgehead atoms. The van der Waals surface area contributed by atoms with Gasteiger partial charge in [-0.3, -0.25) is 4.79 Å². The van der Waals surface area contributed by atoms with E-state index in [1.165, 1.54) is 70.6 Å². The predicted molar refractivity (Wildman–Crippen MR) is 105 cm³/mol. The maximum atomic E-state index is 12.0. The lowest BCUT2D eigenvalue weighted by Crippen LogP contribution is -2.18. The molecule has 0 saturated heterocycles. The molecule has 0 radical (unpaired) electrons. The third-order valence-corrected chi connectivity index (χ3v) is 4.85. The third kappa shape index (κ3) is 15.0. The van der Waals surface area contributed by atoms with Crippen molar-refractivity contribution >= 4 is 5.97 Å². The summed E-state index contributed by atoms with van der Waals surface area (Å²) in [5.41, 5.74) is 0. The van der Waals surface area contributed by atoms with Crippen molar-refractivity contribution in [2.75, 3.05) is 6.61 Å². The minimum absolute atomic E-state index is 0.0433. The highest BCUT2D eigenvalue weighted by molar-refractivity contribution is 5.72. The van der Waals surface area contributed by atoms with Crippen LogP contribution in [0.25, 0.3) is 0 Å². The molecule has 0 aliphatic heterocycles. The second-order valence-corrected chi connectivity index (χ2v) is 7.33. The topological polar surface area (TPSA) is 26.3 Å². The van der Waals surface area contributed by atoms with Gasteiger partial charge in [0.2, 0.25) is 0 Å². The second kappa shape index (κ2) is 18.8. The molecule has 0 aromatic heterocycles. The van der Waals surface area contributed by atoms with Crippen LogP contribution < -0.4 is 0 Å². The average molecular weight is 341 g/mol. The molecule has 0 aliphatic rings. The summed E-state index contributed by atoms with van der Waals surface area (Å²) in [5, 5.41) is 0. The van der Waals surface area contributed by atoms with Gasteiger partial charge in [0.25, 0.3) is 0 Å². The summed E-state index contributed by atoms with van der Waals surface area (Å²) in [6.45, 7) is 7.18. The first kappa shape index (κ1) is 23.5. The fourth-order valence-electron chi connectivity index (χ4n) is 3.31. The summed E-state index contributed by atoms with van der Waals surface area (Å²) in [6, 6.07) is 0. The van der Waals surface area contributed by atoms with Gasteiger partial charge in [-0.25, -0.2) is 0 Å². The van der Waals surface area contributed by atoms with Crippen LogP contribution in [0.5, 0.6) is 0 Å². The van der Waals surface area contributed by atoms with Gasteiger partial charge < -0.3 is 4.74 Å². The number of hydrogen-bond acceptors (Lipinski definition) is 2. The summed E-state index contributed by atoms with van der Waals surface area (Å²) < 4.78 is 5.46. The van der Waals surface area contributed by atoms with Crippen LogP contribution in [-0.2, 0) is 9.53 Å². The Labute approximate surface area is 152 Å². The van der Waals surface area contributed by atoms with Crippen molar-refractivity contribution in [2.45, 2.75) is 124 Å². The van der Waals surface area contributed by atoms with Crippen LogP contribution in [-0.4, -0.2) is 12.6 Å².